The van der Waals surface area contributed by atoms with Crippen LogP contribution >= 0.6 is 0 Å². The smallest absolute Gasteiger partial charge is 0.225 e. The molecule has 0 saturated heterocycles. The molecule has 1 amide bonds. The van der Waals surface area contributed by atoms with E-state index in [-0.39, 0.29) is 23.7 Å². The van der Waals surface area contributed by atoms with Crippen LogP contribution in [0.25, 0.3) is 0 Å². The SMILES string of the molecule is C[C@@H]1C[C@H](C(N)=O)c2ccccc2N1Cc1cc(C#N)ccc1F. The lowest BCUT2D eigenvalue weighted by atomic mass is 9.85. The third-order valence-electron chi connectivity index (χ3n) is 4.59. The van der Waals surface area contributed by atoms with E-state index in [9.17, 15) is 9.18 Å². The van der Waals surface area contributed by atoms with Gasteiger partial charge in [-0.05, 0) is 43.2 Å². The molecule has 0 aliphatic carbocycles. The molecule has 0 fully saturated rings. The van der Waals surface area contributed by atoms with Gasteiger partial charge in [0, 0.05) is 23.8 Å². The van der Waals surface area contributed by atoms with Gasteiger partial charge in [0.1, 0.15) is 5.82 Å². The second kappa shape index (κ2) is 6.32. The van der Waals surface area contributed by atoms with Crippen molar-refractivity contribution in [3.05, 3.63) is 65.0 Å². The van der Waals surface area contributed by atoms with Gasteiger partial charge in [-0.15, -0.1) is 0 Å². The number of primary amides is 1. The normalized spacial score (nSPS) is 19.5. The highest BCUT2D eigenvalue weighted by molar-refractivity contribution is 5.85. The monoisotopic (exact) mass is 323 g/mol. The summed E-state index contributed by atoms with van der Waals surface area (Å²) in [6.45, 7) is 2.34. The molecule has 4 nitrogen and oxygen atoms in total. The Kier molecular flexibility index (Phi) is 4.22. The van der Waals surface area contributed by atoms with Crippen LogP contribution < -0.4 is 10.6 Å². The van der Waals surface area contributed by atoms with E-state index in [1.165, 1.54) is 12.1 Å². The van der Waals surface area contributed by atoms with Crippen LogP contribution in [0.4, 0.5) is 10.1 Å². The number of anilines is 1. The number of rotatable bonds is 3. The number of benzene rings is 2. The maximum Gasteiger partial charge on any atom is 0.225 e. The van der Waals surface area contributed by atoms with Crippen LogP contribution in [0, 0.1) is 17.1 Å². The van der Waals surface area contributed by atoms with Gasteiger partial charge in [0.05, 0.1) is 17.6 Å². The van der Waals surface area contributed by atoms with Crippen molar-refractivity contribution >= 4 is 11.6 Å². The van der Waals surface area contributed by atoms with Crippen molar-refractivity contribution in [2.75, 3.05) is 4.90 Å². The molecule has 2 aromatic rings. The molecule has 24 heavy (non-hydrogen) atoms. The molecule has 0 radical (unpaired) electrons. The first-order valence-corrected chi connectivity index (χ1v) is 7.84. The molecule has 2 N–H and O–H groups in total. The van der Waals surface area contributed by atoms with Crippen LogP contribution in [-0.4, -0.2) is 11.9 Å². The van der Waals surface area contributed by atoms with Gasteiger partial charge in [0.2, 0.25) is 5.91 Å². The molecule has 1 aliphatic rings. The zero-order chi connectivity index (χ0) is 17.3. The van der Waals surface area contributed by atoms with E-state index >= 15 is 0 Å². The molecule has 1 aliphatic heterocycles. The maximum absolute atomic E-state index is 14.2. The second-order valence-corrected chi connectivity index (χ2v) is 6.14. The van der Waals surface area contributed by atoms with E-state index in [0.29, 0.717) is 24.1 Å². The summed E-state index contributed by atoms with van der Waals surface area (Å²) in [5, 5.41) is 9.03. The Morgan fingerprint density at radius 3 is 2.83 bits per heavy atom. The summed E-state index contributed by atoms with van der Waals surface area (Å²) in [4.78, 5) is 13.8. The molecule has 0 spiro atoms. The van der Waals surface area contributed by atoms with E-state index in [1.54, 1.807) is 6.07 Å². The fourth-order valence-electron chi connectivity index (χ4n) is 3.34. The molecule has 2 atom stereocenters. The fraction of sp³-hybridized carbons (Fsp3) is 0.263. The number of nitrogens with zero attached hydrogens (tertiary/aromatic N) is 2. The van der Waals surface area contributed by atoms with E-state index < -0.39 is 0 Å². The van der Waals surface area contributed by atoms with Gasteiger partial charge in [-0.1, -0.05) is 18.2 Å². The van der Waals surface area contributed by atoms with Crippen LogP contribution in [-0.2, 0) is 11.3 Å². The van der Waals surface area contributed by atoms with Crippen molar-refractivity contribution in [1.29, 1.82) is 5.26 Å². The number of para-hydroxylation sites is 1. The number of nitriles is 1. The van der Waals surface area contributed by atoms with Crippen LogP contribution in [0.3, 0.4) is 0 Å². The summed E-state index contributed by atoms with van der Waals surface area (Å²) in [6, 6.07) is 14.0. The molecule has 1 heterocycles. The average molecular weight is 323 g/mol. The Labute approximate surface area is 140 Å². The molecule has 0 aromatic heterocycles. The van der Waals surface area contributed by atoms with Crippen molar-refractivity contribution in [1.82, 2.24) is 0 Å². The minimum Gasteiger partial charge on any atom is -0.369 e. The largest absolute Gasteiger partial charge is 0.369 e. The topological polar surface area (TPSA) is 70.1 Å². The predicted molar refractivity (Wildman–Crippen MR) is 89.8 cm³/mol. The molecular weight excluding hydrogens is 305 g/mol. The van der Waals surface area contributed by atoms with Crippen LogP contribution in [0.1, 0.15) is 36.0 Å². The lowest BCUT2D eigenvalue weighted by Crippen LogP contribution is -2.41. The van der Waals surface area contributed by atoms with E-state index in [1.807, 2.05) is 37.3 Å². The second-order valence-electron chi connectivity index (χ2n) is 6.14. The summed E-state index contributed by atoms with van der Waals surface area (Å²) in [5.74, 6) is -1.01. The van der Waals surface area contributed by atoms with Crippen molar-refractivity contribution in [2.45, 2.75) is 31.8 Å². The lowest BCUT2D eigenvalue weighted by Gasteiger charge is -2.40. The van der Waals surface area contributed by atoms with Gasteiger partial charge < -0.3 is 10.6 Å². The van der Waals surface area contributed by atoms with Gasteiger partial charge >= 0.3 is 0 Å². The lowest BCUT2D eigenvalue weighted by molar-refractivity contribution is -0.119. The van der Waals surface area contributed by atoms with Crippen LogP contribution in [0.15, 0.2) is 42.5 Å². The molecule has 0 unspecified atom stereocenters. The molecule has 3 rings (SSSR count). The van der Waals surface area contributed by atoms with Crippen molar-refractivity contribution < 1.29 is 9.18 Å². The molecule has 122 valence electrons. The quantitative estimate of drug-likeness (QED) is 0.943. The van der Waals surface area contributed by atoms with E-state index in [4.69, 9.17) is 11.0 Å². The molecule has 0 bridgehead atoms. The third-order valence-corrected chi connectivity index (χ3v) is 4.59. The van der Waals surface area contributed by atoms with Crippen LogP contribution in [0.5, 0.6) is 0 Å². The number of nitrogens with two attached hydrogens (primary N) is 1. The minimum atomic E-state index is -0.341. The number of hydrogen-bond acceptors (Lipinski definition) is 3. The van der Waals surface area contributed by atoms with E-state index in [0.717, 1.165) is 11.3 Å². The average Bonchev–Trinajstić information content (AvgIpc) is 2.58. The summed E-state index contributed by atoms with van der Waals surface area (Å²) < 4.78 is 14.2. The summed E-state index contributed by atoms with van der Waals surface area (Å²) in [6.07, 6.45) is 0.589. The standard InChI is InChI=1S/C19H18FN3O/c1-12-8-16(19(22)24)15-4-2-3-5-18(15)23(12)11-14-9-13(10-21)6-7-17(14)20/h2-7,9,12,16H,8,11H2,1H3,(H2,22,24)/t12-,16+/m1/s1. The van der Waals surface area contributed by atoms with Gasteiger partial charge in [0.25, 0.3) is 0 Å². The Balaban J connectivity index is 2.01. The number of carbonyl (C=O) groups is 1. The Morgan fingerprint density at radius 2 is 2.12 bits per heavy atom. The van der Waals surface area contributed by atoms with Crippen molar-refractivity contribution in [2.24, 2.45) is 5.73 Å². The number of hydrogen-bond donors (Lipinski definition) is 1. The Hall–Kier alpha value is -2.87. The van der Waals surface area contributed by atoms with Gasteiger partial charge in [-0.3, -0.25) is 4.79 Å². The summed E-state index contributed by atoms with van der Waals surface area (Å²) in [7, 11) is 0. The van der Waals surface area contributed by atoms with E-state index in [2.05, 4.69) is 4.90 Å². The molecule has 0 saturated carbocycles. The summed E-state index contributed by atoms with van der Waals surface area (Å²) in [5.41, 5.74) is 8.21. The Morgan fingerprint density at radius 1 is 1.38 bits per heavy atom. The molecule has 2 aromatic carbocycles. The predicted octanol–water partition coefficient (Wildman–Crippen LogP) is 3.07. The Bertz CT molecular complexity index is 828. The summed E-state index contributed by atoms with van der Waals surface area (Å²) >= 11 is 0. The number of halogens is 1. The highest BCUT2D eigenvalue weighted by Gasteiger charge is 2.33. The van der Waals surface area contributed by atoms with Crippen molar-refractivity contribution in [3.63, 3.8) is 0 Å². The minimum absolute atomic E-state index is 0.0301. The van der Waals surface area contributed by atoms with Gasteiger partial charge in [0.15, 0.2) is 0 Å². The number of fused-ring (bicyclic) bond motifs is 1. The molecular formula is C19H18FN3O. The third kappa shape index (κ3) is 2.83. The first-order chi connectivity index (χ1) is 11.5. The maximum atomic E-state index is 14.2. The first kappa shape index (κ1) is 16.0. The van der Waals surface area contributed by atoms with Gasteiger partial charge in [-0.2, -0.15) is 5.26 Å². The van der Waals surface area contributed by atoms with Crippen LogP contribution in [0.2, 0.25) is 0 Å². The number of amides is 1. The van der Waals surface area contributed by atoms with Crippen molar-refractivity contribution in [3.8, 4) is 6.07 Å². The first-order valence-electron chi connectivity index (χ1n) is 7.84. The number of carbonyl (C=O) groups excluding carboxylic acids is 1. The fourth-order valence-corrected chi connectivity index (χ4v) is 3.34. The zero-order valence-corrected chi connectivity index (χ0v) is 13.4. The highest BCUT2D eigenvalue weighted by atomic mass is 19.1. The van der Waals surface area contributed by atoms with Gasteiger partial charge in [-0.25, -0.2) is 4.39 Å². The highest BCUT2D eigenvalue weighted by Crippen LogP contribution is 2.39. The zero-order valence-electron chi connectivity index (χ0n) is 13.4. The molecule has 5 heteroatoms.